The maximum Gasteiger partial charge on any atom is 0.277 e. The fourth-order valence-corrected chi connectivity index (χ4v) is 2.35. The molecule has 0 aliphatic rings. The summed E-state index contributed by atoms with van der Waals surface area (Å²) >= 11 is 0. The van der Waals surface area contributed by atoms with E-state index in [1.165, 1.54) is 6.07 Å². The van der Waals surface area contributed by atoms with Crippen LogP contribution in [0.3, 0.4) is 0 Å². The summed E-state index contributed by atoms with van der Waals surface area (Å²) in [4.78, 5) is 24.1. The van der Waals surface area contributed by atoms with Gasteiger partial charge in [-0.1, -0.05) is 23.4 Å². The predicted octanol–water partition coefficient (Wildman–Crippen LogP) is 1.78. The van der Waals surface area contributed by atoms with Gasteiger partial charge in [0, 0.05) is 18.5 Å². The molecule has 0 fully saturated rings. The molecule has 1 aromatic heterocycles. The Morgan fingerprint density at radius 3 is 2.56 bits per heavy atom. The van der Waals surface area contributed by atoms with Gasteiger partial charge in [0.15, 0.2) is 0 Å². The van der Waals surface area contributed by atoms with E-state index in [1.54, 1.807) is 24.3 Å². The van der Waals surface area contributed by atoms with E-state index in [0.717, 1.165) is 16.8 Å². The summed E-state index contributed by atoms with van der Waals surface area (Å²) in [7, 11) is 0. The molecule has 25 heavy (non-hydrogen) atoms. The van der Waals surface area contributed by atoms with E-state index in [9.17, 15) is 18.4 Å². The monoisotopic (exact) mass is 344 g/mol. The smallest absolute Gasteiger partial charge is 0.277 e. The highest BCUT2D eigenvalue weighted by Gasteiger charge is 2.11. The molecular formula is C17H14F2N4O2. The molecule has 1 N–H and O–H groups in total. The molecule has 0 saturated heterocycles. The Morgan fingerprint density at radius 2 is 1.80 bits per heavy atom. The maximum absolute atomic E-state index is 13.5. The molecule has 0 saturated carbocycles. The lowest BCUT2D eigenvalue weighted by molar-refractivity contribution is -0.121. The zero-order valence-electron chi connectivity index (χ0n) is 13.1. The summed E-state index contributed by atoms with van der Waals surface area (Å²) in [6, 6.07) is 10.2. The van der Waals surface area contributed by atoms with Crippen LogP contribution in [0.25, 0.3) is 10.9 Å². The zero-order chi connectivity index (χ0) is 17.8. The van der Waals surface area contributed by atoms with E-state index < -0.39 is 17.5 Å². The molecule has 8 heteroatoms. The van der Waals surface area contributed by atoms with Crippen molar-refractivity contribution < 1.29 is 13.6 Å². The van der Waals surface area contributed by atoms with E-state index in [-0.39, 0.29) is 30.6 Å². The molecular weight excluding hydrogens is 330 g/mol. The SMILES string of the molecule is O=C(CCn1nnc2ccccc2c1=O)NCc1c(F)cccc1F. The molecule has 3 rings (SSSR count). The van der Waals surface area contributed by atoms with Gasteiger partial charge in [-0.25, -0.2) is 13.5 Å². The first kappa shape index (κ1) is 16.7. The third kappa shape index (κ3) is 3.68. The average molecular weight is 344 g/mol. The second-order valence-corrected chi connectivity index (χ2v) is 5.36. The molecule has 6 nitrogen and oxygen atoms in total. The summed E-state index contributed by atoms with van der Waals surface area (Å²) in [6.07, 6.45) is -0.0665. The first-order valence-electron chi connectivity index (χ1n) is 7.58. The largest absolute Gasteiger partial charge is 0.352 e. The van der Waals surface area contributed by atoms with Crippen LogP contribution in [0, 0.1) is 11.6 Å². The number of rotatable bonds is 5. The summed E-state index contributed by atoms with van der Waals surface area (Å²) < 4.78 is 28.1. The van der Waals surface area contributed by atoms with Gasteiger partial charge in [-0.15, -0.1) is 5.10 Å². The fraction of sp³-hybridized carbons (Fsp3) is 0.176. The fourth-order valence-electron chi connectivity index (χ4n) is 2.35. The summed E-state index contributed by atoms with van der Waals surface area (Å²) in [6.45, 7) is -0.252. The minimum atomic E-state index is -0.725. The number of carbonyl (C=O) groups is 1. The van der Waals surface area contributed by atoms with Gasteiger partial charge >= 0.3 is 0 Å². The Kier molecular flexibility index (Phi) is 4.78. The number of hydrogen-bond acceptors (Lipinski definition) is 4. The van der Waals surface area contributed by atoms with Crippen molar-refractivity contribution in [1.82, 2.24) is 20.3 Å². The number of nitrogens with one attached hydrogen (secondary N) is 1. The summed E-state index contributed by atoms with van der Waals surface area (Å²) in [5.74, 6) is -1.90. The van der Waals surface area contributed by atoms with Crippen LogP contribution in [-0.2, 0) is 17.9 Å². The number of nitrogens with zero attached hydrogens (tertiary/aromatic N) is 3. The molecule has 0 atom stereocenters. The van der Waals surface area contributed by atoms with Crippen LogP contribution >= 0.6 is 0 Å². The van der Waals surface area contributed by atoms with Gasteiger partial charge in [0.05, 0.1) is 11.9 Å². The molecule has 0 radical (unpaired) electrons. The van der Waals surface area contributed by atoms with Crippen LogP contribution in [0.5, 0.6) is 0 Å². The van der Waals surface area contributed by atoms with Crippen molar-refractivity contribution >= 4 is 16.8 Å². The third-order valence-corrected chi connectivity index (χ3v) is 3.70. The van der Waals surface area contributed by atoms with Gasteiger partial charge in [-0.05, 0) is 24.3 Å². The van der Waals surface area contributed by atoms with Crippen molar-refractivity contribution in [2.45, 2.75) is 19.5 Å². The molecule has 0 aliphatic heterocycles. The lowest BCUT2D eigenvalue weighted by Crippen LogP contribution is -2.29. The molecule has 3 aromatic rings. The Balaban J connectivity index is 1.63. The predicted molar refractivity (Wildman–Crippen MR) is 86.6 cm³/mol. The lowest BCUT2D eigenvalue weighted by atomic mass is 10.2. The molecule has 0 spiro atoms. The van der Waals surface area contributed by atoms with Gasteiger partial charge in [-0.2, -0.15) is 0 Å². The second kappa shape index (κ2) is 7.16. The molecule has 0 aliphatic carbocycles. The van der Waals surface area contributed by atoms with Crippen LogP contribution in [0.4, 0.5) is 8.78 Å². The normalized spacial score (nSPS) is 10.8. The Bertz CT molecular complexity index is 968. The van der Waals surface area contributed by atoms with E-state index in [4.69, 9.17) is 0 Å². The van der Waals surface area contributed by atoms with E-state index in [0.29, 0.717) is 10.9 Å². The summed E-state index contributed by atoms with van der Waals surface area (Å²) in [5, 5.41) is 10.5. The number of fused-ring (bicyclic) bond motifs is 1. The Labute approximate surface area is 141 Å². The van der Waals surface area contributed by atoms with E-state index >= 15 is 0 Å². The van der Waals surface area contributed by atoms with Crippen molar-refractivity contribution in [2.75, 3.05) is 0 Å². The molecule has 128 valence electrons. The molecule has 0 bridgehead atoms. The third-order valence-electron chi connectivity index (χ3n) is 3.70. The van der Waals surface area contributed by atoms with E-state index in [2.05, 4.69) is 15.6 Å². The van der Waals surface area contributed by atoms with Crippen molar-refractivity contribution in [3.8, 4) is 0 Å². The minimum absolute atomic E-state index is 0.0161. The van der Waals surface area contributed by atoms with Crippen molar-refractivity contribution in [2.24, 2.45) is 0 Å². The van der Waals surface area contributed by atoms with Crippen LogP contribution < -0.4 is 10.9 Å². The number of aryl methyl sites for hydroxylation is 1. The highest BCUT2D eigenvalue weighted by atomic mass is 19.1. The molecule has 2 aromatic carbocycles. The molecule has 0 unspecified atom stereocenters. The van der Waals surface area contributed by atoms with Crippen LogP contribution in [0.15, 0.2) is 47.3 Å². The van der Waals surface area contributed by atoms with Crippen molar-refractivity contribution in [3.05, 3.63) is 70.0 Å². The van der Waals surface area contributed by atoms with E-state index in [1.807, 2.05) is 0 Å². The Hall–Kier alpha value is -3.16. The van der Waals surface area contributed by atoms with Gasteiger partial charge in [0.25, 0.3) is 5.56 Å². The quantitative estimate of drug-likeness (QED) is 0.765. The maximum atomic E-state index is 13.5. The standard InChI is InChI=1S/C17H14F2N4O2/c18-13-5-3-6-14(19)12(13)10-20-16(24)8-9-23-17(25)11-4-1-2-7-15(11)21-22-23/h1-7H,8-10H2,(H,20,24). The van der Waals surface area contributed by atoms with Crippen molar-refractivity contribution in [3.63, 3.8) is 0 Å². The molecule has 1 amide bonds. The first-order valence-corrected chi connectivity index (χ1v) is 7.58. The highest BCUT2D eigenvalue weighted by molar-refractivity contribution is 5.77. The van der Waals surface area contributed by atoms with Gasteiger partial charge in [0.1, 0.15) is 17.2 Å². The van der Waals surface area contributed by atoms with Crippen LogP contribution in [-0.4, -0.2) is 20.9 Å². The Morgan fingerprint density at radius 1 is 1.08 bits per heavy atom. The number of amides is 1. The minimum Gasteiger partial charge on any atom is -0.352 e. The lowest BCUT2D eigenvalue weighted by Gasteiger charge is -2.08. The number of halogens is 2. The van der Waals surface area contributed by atoms with Crippen LogP contribution in [0.1, 0.15) is 12.0 Å². The topological polar surface area (TPSA) is 76.9 Å². The van der Waals surface area contributed by atoms with Crippen LogP contribution in [0.2, 0.25) is 0 Å². The highest BCUT2D eigenvalue weighted by Crippen LogP contribution is 2.11. The summed E-state index contributed by atoms with van der Waals surface area (Å²) in [5.41, 5.74) is -0.0831. The molecule has 1 heterocycles. The number of aromatic nitrogens is 3. The average Bonchev–Trinajstić information content (AvgIpc) is 2.61. The number of hydrogen-bond donors (Lipinski definition) is 1. The second-order valence-electron chi connectivity index (χ2n) is 5.36. The van der Waals surface area contributed by atoms with Gasteiger partial charge in [0.2, 0.25) is 5.91 Å². The first-order chi connectivity index (χ1) is 12.1. The van der Waals surface area contributed by atoms with Gasteiger partial charge < -0.3 is 5.32 Å². The number of benzene rings is 2. The van der Waals surface area contributed by atoms with Crippen molar-refractivity contribution in [1.29, 1.82) is 0 Å². The van der Waals surface area contributed by atoms with Gasteiger partial charge in [-0.3, -0.25) is 9.59 Å². The number of carbonyl (C=O) groups excluding carboxylic acids is 1. The zero-order valence-corrected chi connectivity index (χ0v) is 13.1.